The van der Waals surface area contributed by atoms with E-state index in [0.29, 0.717) is 0 Å². The highest BCUT2D eigenvalue weighted by molar-refractivity contribution is 5.87. The van der Waals surface area contributed by atoms with Crippen molar-refractivity contribution in [2.24, 2.45) is 5.41 Å². The van der Waals surface area contributed by atoms with Gasteiger partial charge in [0, 0.05) is 5.92 Å². The van der Waals surface area contributed by atoms with Crippen molar-refractivity contribution in [3.05, 3.63) is 59.7 Å². The van der Waals surface area contributed by atoms with Gasteiger partial charge in [-0.25, -0.2) is 4.79 Å². The number of hydrogen-bond acceptors (Lipinski definition) is 4. The second-order valence-corrected chi connectivity index (χ2v) is 9.47. The van der Waals surface area contributed by atoms with Gasteiger partial charge in [0.15, 0.2) is 0 Å². The zero-order valence-corrected chi connectivity index (χ0v) is 19.5. The lowest BCUT2D eigenvalue weighted by Crippen LogP contribution is -2.58. The van der Waals surface area contributed by atoms with Crippen LogP contribution in [0, 0.1) is 5.41 Å². The molecule has 188 valence electrons. The molecule has 0 radical (unpaired) electrons. The predicted molar refractivity (Wildman–Crippen MR) is 122 cm³/mol. The topological polar surface area (TPSA) is 105 Å². The standard InChI is InChI=1S/C25H27F3N2O5/c1-24(2,3)21(22(33)29-19(12-20(31)32)25(26,27)28)30-23(34)35-13-18-16-10-6-4-8-14(16)15-9-5-7-11-17(15)18/h4-11,18-19,21H,12-13H2,1-3H3,(H,29,33)(H,30,34)(H,31,32)/t19?,21-/m0/s1. The molecule has 10 heteroatoms. The lowest BCUT2D eigenvalue weighted by atomic mass is 9.86. The first-order chi connectivity index (χ1) is 16.3. The lowest BCUT2D eigenvalue weighted by Gasteiger charge is -2.32. The Kier molecular flexibility index (Phi) is 7.42. The van der Waals surface area contributed by atoms with Crippen LogP contribution in [0.5, 0.6) is 0 Å². The molecule has 35 heavy (non-hydrogen) atoms. The van der Waals surface area contributed by atoms with E-state index in [1.54, 1.807) is 26.1 Å². The summed E-state index contributed by atoms with van der Waals surface area (Å²) >= 11 is 0. The molecule has 1 aliphatic rings. The fourth-order valence-electron chi connectivity index (χ4n) is 4.11. The summed E-state index contributed by atoms with van der Waals surface area (Å²) in [5.41, 5.74) is 3.03. The first-order valence-corrected chi connectivity index (χ1v) is 11.0. The predicted octanol–water partition coefficient (Wildman–Crippen LogP) is 4.46. The van der Waals surface area contributed by atoms with Gasteiger partial charge in [-0.1, -0.05) is 69.3 Å². The molecule has 1 aliphatic carbocycles. The largest absolute Gasteiger partial charge is 0.481 e. The number of carbonyl (C=O) groups is 3. The molecule has 0 aromatic heterocycles. The SMILES string of the molecule is CC(C)(C)[C@@H](NC(=O)OCC1c2ccccc2-c2ccccc21)C(=O)NC(CC(=O)O)C(F)(F)F. The van der Waals surface area contributed by atoms with E-state index in [1.807, 2.05) is 48.5 Å². The number of amides is 2. The fourth-order valence-corrected chi connectivity index (χ4v) is 4.11. The summed E-state index contributed by atoms with van der Waals surface area (Å²) in [6, 6.07) is 11.4. The summed E-state index contributed by atoms with van der Waals surface area (Å²) in [5, 5.41) is 12.8. The summed E-state index contributed by atoms with van der Waals surface area (Å²) < 4.78 is 45.0. The molecule has 2 aromatic carbocycles. The molecule has 2 aromatic rings. The Labute approximate surface area is 200 Å². The van der Waals surface area contributed by atoms with Crippen LogP contribution in [-0.2, 0) is 14.3 Å². The van der Waals surface area contributed by atoms with Gasteiger partial charge < -0.3 is 20.5 Å². The molecule has 2 amide bonds. The third-order valence-corrected chi connectivity index (χ3v) is 5.82. The first kappa shape index (κ1) is 26.1. The van der Waals surface area contributed by atoms with Gasteiger partial charge in [-0.2, -0.15) is 13.2 Å². The van der Waals surface area contributed by atoms with E-state index in [2.05, 4.69) is 5.32 Å². The number of carboxylic acid groups (broad SMARTS) is 1. The molecule has 0 saturated carbocycles. The fraction of sp³-hybridized carbons (Fsp3) is 0.400. The quantitative estimate of drug-likeness (QED) is 0.529. The second-order valence-electron chi connectivity index (χ2n) is 9.47. The number of nitrogens with one attached hydrogen (secondary N) is 2. The Balaban J connectivity index is 1.71. The number of hydrogen-bond donors (Lipinski definition) is 3. The number of alkyl halides is 3. The number of ether oxygens (including phenoxy) is 1. The van der Waals surface area contributed by atoms with Crippen LogP contribution in [0.25, 0.3) is 11.1 Å². The molecule has 2 atom stereocenters. The van der Waals surface area contributed by atoms with Crippen LogP contribution in [0.3, 0.4) is 0 Å². The molecule has 3 N–H and O–H groups in total. The minimum atomic E-state index is -4.97. The molecular formula is C25H27F3N2O5. The number of rotatable bonds is 7. The summed E-state index contributed by atoms with van der Waals surface area (Å²) in [6.07, 6.45) is -7.28. The number of carboxylic acids is 1. The maximum Gasteiger partial charge on any atom is 0.409 e. The summed E-state index contributed by atoms with van der Waals surface area (Å²) in [4.78, 5) is 36.1. The van der Waals surface area contributed by atoms with Gasteiger partial charge in [0.05, 0.1) is 6.42 Å². The maximum atomic E-state index is 13.2. The van der Waals surface area contributed by atoms with Crippen molar-refractivity contribution in [2.45, 2.75) is 51.4 Å². The van der Waals surface area contributed by atoms with E-state index in [-0.39, 0.29) is 12.5 Å². The van der Waals surface area contributed by atoms with E-state index in [9.17, 15) is 27.6 Å². The van der Waals surface area contributed by atoms with Crippen molar-refractivity contribution in [2.75, 3.05) is 6.61 Å². The van der Waals surface area contributed by atoms with Gasteiger partial charge in [-0.05, 0) is 27.7 Å². The number of halogens is 3. The lowest BCUT2D eigenvalue weighted by molar-refractivity contribution is -0.171. The highest BCUT2D eigenvalue weighted by atomic mass is 19.4. The molecule has 3 rings (SSSR count). The molecule has 1 unspecified atom stereocenters. The Bertz CT molecular complexity index is 1070. The summed E-state index contributed by atoms with van der Waals surface area (Å²) in [6.45, 7) is 4.63. The minimum absolute atomic E-state index is 0.0392. The zero-order chi connectivity index (χ0) is 26.0. The van der Waals surface area contributed by atoms with Crippen LogP contribution < -0.4 is 10.6 Å². The van der Waals surface area contributed by atoms with Crippen molar-refractivity contribution in [1.29, 1.82) is 0 Å². The average Bonchev–Trinajstić information content (AvgIpc) is 3.07. The van der Waals surface area contributed by atoms with E-state index < -0.39 is 48.1 Å². The van der Waals surface area contributed by atoms with Crippen LogP contribution in [0.15, 0.2) is 48.5 Å². The number of alkyl carbamates (subject to hydrolysis) is 1. The van der Waals surface area contributed by atoms with Gasteiger partial charge in [0.25, 0.3) is 0 Å². The third kappa shape index (κ3) is 6.12. The van der Waals surface area contributed by atoms with Crippen molar-refractivity contribution in [3.63, 3.8) is 0 Å². The third-order valence-electron chi connectivity index (χ3n) is 5.82. The van der Waals surface area contributed by atoms with Gasteiger partial charge in [0.1, 0.15) is 18.7 Å². The molecule has 0 bridgehead atoms. The van der Waals surface area contributed by atoms with Gasteiger partial charge >= 0.3 is 18.2 Å². The molecule has 0 aliphatic heterocycles. The molecule has 0 heterocycles. The number of fused-ring (bicyclic) bond motifs is 3. The maximum absolute atomic E-state index is 13.2. The molecule has 7 nitrogen and oxygen atoms in total. The highest BCUT2D eigenvalue weighted by Crippen LogP contribution is 2.44. The Hall–Kier alpha value is -3.56. The smallest absolute Gasteiger partial charge is 0.409 e. The molecular weight excluding hydrogens is 465 g/mol. The van der Waals surface area contributed by atoms with Crippen LogP contribution in [0.1, 0.15) is 44.2 Å². The van der Waals surface area contributed by atoms with E-state index in [1.165, 1.54) is 0 Å². The van der Waals surface area contributed by atoms with Crippen molar-refractivity contribution in [1.82, 2.24) is 10.6 Å². The van der Waals surface area contributed by atoms with Gasteiger partial charge in [-0.3, -0.25) is 9.59 Å². The number of carbonyl (C=O) groups excluding carboxylic acids is 2. The number of aliphatic carboxylic acids is 1. The summed E-state index contributed by atoms with van der Waals surface area (Å²) in [7, 11) is 0. The van der Waals surface area contributed by atoms with Crippen LogP contribution in [0.2, 0.25) is 0 Å². The monoisotopic (exact) mass is 492 g/mol. The minimum Gasteiger partial charge on any atom is -0.481 e. The Morgan fingerprint density at radius 1 is 0.943 bits per heavy atom. The zero-order valence-electron chi connectivity index (χ0n) is 19.5. The van der Waals surface area contributed by atoms with Gasteiger partial charge in [-0.15, -0.1) is 0 Å². The van der Waals surface area contributed by atoms with Crippen molar-refractivity contribution in [3.8, 4) is 11.1 Å². The normalized spacial score (nSPS) is 14.9. The Morgan fingerprint density at radius 2 is 1.46 bits per heavy atom. The van der Waals surface area contributed by atoms with E-state index in [4.69, 9.17) is 9.84 Å². The Morgan fingerprint density at radius 3 is 1.91 bits per heavy atom. The first-order valence-electron chi connectivity index (χ1n) is 11.0. The van der Waals surface area contributed by atoms with Gasteiger partial charge in [0.2, 0.25) is 5.91 Å². The molecule has 0 saturated heterocycles. The van der Waals surface area contributed by atoms with Crippen LogP contribution in [-0.4, -0.2) is 47.9 Å². The van der Waals surface area contributed by atoms with E-state index >= 15 is 0 Å². The molecule has 0 spiro atoms. The second kappa shape index (κ2) is 9.97. The van der Waals surface area contributed by atoms with Crippen LogP contribution >= 0.6 is 0 Å². The van der Waals surface area contributed by atoms with Crippen molar-refractivity contribution >= 4 is 18.0 Å². The van der Waals surface area contributed by atoms with Crippen molar-refractivity contribution < 1.29 is 37.4 Å². The molecule has 0 fully saturated rings. The van der Waals surface area contributed by atoms with Crippen LogP contribution in [0.4, 0.5) is 18.0 Å². The van der Waals surface area contributed by atoms with E-state index in [0.717, 1.165) is 22.3 Å². The average molecular weight is 492 g/mol. The summed E-state index contributed by atoms with van der Waals surface area (Å²) in [5.74, 6) is -3.11. The highest BCUT2D eigenvalue weighted by Gasteiger charge is 2.44. The number of benzene rings is 2.